The molecule has 0 aliphatic rings. The molecule has 0 fully saturated rings. The van der Waals surface area contributed by atoms with Crippen molar-refractivity contribution < 1.29 is 9.53 Å². The topological polar surface area (TPSA) is 63.2 Å². The molecular weight excluding hydrogens is 242 g/mol. The molecule has 0 atom stereocenters. The number of amides is 1. The fourth-order valence-electron chi connectivity index (χ4n) is 1.74. The highest BCUT2D eigenvalue weighted by Crippen LogP contribution is 2.13. The Morgan fingerprint density at radius 1 is 1.47 bits per heavy atom. The van der Waals surface area contributed by atoms with E-state index in [0.29, 0.717) is 18.0 Å². The zero-order valence-corrected chi connectivity index (χ0v) is 12.1. The Balaban J connectivity index is 2.81. The number of methoxy groups -OCH3 is 1. The molecule has 0 unspecified atom stereocenters. The molecule has 19 heavy (non-hydrogen) atoms. The number of aromatic nitrogens is 1. The summed E-state index contributed by atoms with van der Waals surface area (Å²) in [5, 5.41) is 6.10. The van der Waals surface area contributed by atoms with Crippen LogP contribution in [-0.4, -0.2) is 36.7 Å². The van der Waals surface area contributed by atoms with Crippen molar-refractivity contribution in [2.24, 2.45) is 0 Å². The molecule has 0 radical (unpaired) electrons. The highest BCUT2D eigenvalue weighted by molar-refractivity contribution is 5.99. The Labute approximate surface area is 114 Å². The first-order valence-corrected chi connectivity index (χ1v) is 6.50. The van der Waals surface area contributed by atoms with Crippen molar-refractivity contribution in [3.63, 3.8) is 0 Å². The highest BCUT2D eigenvalue weighted by Gasteiger charge is 2.22. The average molecular weight is 265 g/mol. The van der Waals surface area contributed by atoms with Crippen LogP contribution in [0.15, 0.2) is 18.3 Å². The summed E-state index contributed by atoms with van der Waals surface area (Å²) < 4.78 is 5.09. The van der Waals surface area contributed by atoms with Crippen LogP contribution >= 0.6 is 0 Å². The van der Waals surface area contributed by atoms with Gasteiger partial charge >= 0.3 is 0 Å². The molecular formula is C14H23N3O2. The molecule has 106 valence electrons. The number of anilines is 1. The first-order valence-electron chi connectivity index (χ1n) is 6.50. The van der Waals surface area contributed by atoms with E-state index in [-0.39, 0.29) is 5.91 Å². The van der Waals surface area contributed by atoms with Crippen molar-refractivity contribution in [3.05, 3.63) is 23.9 Å². The lowest BCUT2D eigenvalue weighted by molar-refractivity contribution is 0.0820. The molecule has 0 saturated heterocycles. The summed E-state index contributed by atoms with van der Waals surface area (Å²) in [5.74, 6) is 0.476. The van der Waals surface area contributed by atoms with E-state index >= 15 is 0 Å². The maximum absolute atomic E-state index is 12.3. The number of carbonyl (C=O) groups excluding carboxylic acids is 1. The van der Waals surface area contributed by atoms with Gasteiger partial charge in [-0.25, -0.2) is 4.98 Å². The van der Waals surface area contributed by atoms with Crippen LogP contribution in [-0.2, 0) is 4.74 Å². The minimum atomic E-state index is -0.413. The summed E-state index contributed by atoms with van der Waals surface area (Å²) in [4.78, 5) is 16.5. The number of carbonyl (C=O) groups is 1. The molecule has 1 amide bonds. The minimum Gasteiger partial charge on any atom is -0.382 e. The number of nitrogens with one attached hydrogen (secondary N) is 2. The number of hydrogen-bond donors (Lipinski definition) is 2. The second kappa shape index (κ2) is 7.09. The van der Waals surface area contributed by atoms with Crippen molar-refractivity contribution in [2.75, 3.05) is 25.6 Å². The van der Waals surface area contributed by atoms with Gasteiger partial charge in [0.25, 0.3) is 5.91 Å². The maximum Gasteiger partial charge on any atom is 0.255 e. The van der Waals surface area contributed by atoms with E-state index in [1.54, 1.807) is 25.4 Å². The van der Waals surface area contributed by atoms with Crippen LogP contribution in [0.1, 0.15) is 37.6 Å². The largest absolute Gasteiger partial charge is 0.382 e. The number of rotatable bonds is 7. The minimum absolute atomic E-state index is 0.145. The van der Waals surface area contributed by atoms with Gasteiger partial charge in [-0.3, -0.25) is 4.79 Å². The van der Waals surface area contributed by atoms with E-state index < -0.39 is 5.54 Å². The smallest absolute Gasteiger partial charge is 0.255 e. The molecule has 0 aliphatic heterocycles. The van der Waals surface area contributed by atoms with Gasteiger partial charge in [0.05, 0.1) is 17.7 Å². The Morgan fingerprint density at radius 2 is 2.21 bits per heavy atom. The Morgan fingerprint density at radius 3 is 2.84 bits per heavy atom. The predicted molar refractivity (Wildman–Crippen MR) is 76.4 cm³/mol. The SMILES string of the molecule is CCCNc1ncccc1C(=O)NC(C)(C)COC. The van der Waals surface area contributed by atoms with Gasteiger partial charge in [0.2, 0.25) is 0 Å². The van der Waals surface area contributed by atoms with E-state index in [9.17, 15) is 4.79 Å². The van der Waals surface area contributed by atoms with Crippen LogP contribution in [0.25, 0.3) is 0 Å². The Hall–Kier alpha value is -1.62. The normalized spacial score (nSPS) is 11.2. The van der Waals surface area contributed by atoms with Crippen molar-refractivity contribution in [2.45, 2.75) is 32.7 Å². The molecule has 1 rings (SSSR count). The molecule has 0 saturated carbocycles. The molecule has 1 heterocycles. The molecule has 0 spiro atoms. The van der Waals surface area contributed by atoms with Gasteiger partial charge in [0.15, 0.2) is 0 Å². The second-order valence-electron chi connectivity index (χ2n) is 5.10. The van der Waals surface area contributed by atoms with Crippen LogP contribution in [0, 0.1) is 0 Å². The van der Waals surface area contributed by atoms with Crippen LogP contribution < -0.4 is 10.6 Å². The quantitative estimate of drug-likeness (QED) is 0.792. The van der Waals surface area contributed by atoms with Gasteiger partial charge in [-0.1, -0.05) is 6.92 Å². The first-order chi connectivity index (χ1) is 9.00. The van der Waals surface area contributed by atoms with Crippen molar-refractivity contribution >= 4 is 11.7 Å². The van der Waals surface area contributed by atoms with Crippen LogP contribution in [0.4, 0.5) is 5.82 Å². The van der Waals surface area contributed by atoms with Gasteiger partial charge in [-0.2, -0.15) is 0 Å². The summed E-state index contributed by atoms with van der Waals surface area (Å²) in [7, 11) is 1.62. The third-order valence-corrected chi connectivity index (χ3v) is 2.55. The van der Waals surface area contributed by atoms with Gasteiger partial charge < -0.3 is 15.4 Å². The molecule has 5 nitrogen and oxygen atoms in total. The highest BCUT2D eigenvalue weighted by atomic mass is 16.5. The van der Waals surface area contributed by atoms with Gasteiger partial charge in [-0.15, -0.1) is 0 Å². The summed E-state index contributed by atoms with van der Waals surface area (Å²) in [6.45, 7) is 7.15. The van der Waals surface area contributed by atoms with Crippen molar-refractivity contribution in [3.8, 4) is 0 Å². The number of hydrogen-bond acceptors (Lipinski definition) is 4. The third kappa shape index (κ3) is 4.87. The lowest BCUT2D eigenvalue weighted by Crippen LogP contribution is -2.47. The summed E-state index contributed by atoms with van der Waals surface area (Å²) in [6, 6.07) is 3.53. The first kappa shape index (κ1) is 15.4. The third-order valence-electron chi connectivity index (χ3n) is 2.55. The lowest BCUT2D eigenvalue weighted by atomic mass is 10.1. The molecule has 5 heteroatoms. The predicted octanol–water partition coefficient (Wildman–Crippen LogP) is 2.06. The molecule has 0 aliphatic carbocycles. The van der Waals surface area contributed by atoms with E-state index in [1.807, 2.05) is 13.8 Å². The summed E-state index contributed by atoms with van der Waals surface area (Å²) in [5.41, 5.74) is 0.143. The number of pyridine rings is 1. The molecule has 2 N–H and O–H groups in total. The molecule has 1 aromatic rings. The van der Waals surface area contributed by atoms with Gasteiger partial charge in [0, 0.05) is 19.9 Å². The average Bonchev–Trinajstić information content (AvgIpc) is 2.36. The Bertz CT molecular complexity index is 419. The molecule has 0 aromatic carbocycles. The summed E-state index contributed by atoms with van der Waals surface area (Å²) >= 11 is 0. The fourth-order valence-corrected chi connectivity index (χ4v) is 1.74. The van der Waals surface area contributed by atoms with Gasteiger partial charge in [0.1, 0.15) is 5.82 Å². The molecule has 1 aromatic heterocycles. The van der Waals surface area contributed by atoms with Crippen molar-refractivity contribution in [1.82, 2.24) is 10.3 Å². The standard InChI is InChI=1S/C14H23N3O2/c1-5-8-15-12-11(7-6-9-16-12)13(18)17-14(2,3)10-19-4/h6-7,9H,5,8,10H2,1-4H3,(H,15,16)(H,17,18). The van der Waals surface area contributed by atoms with Crippen LogP contribution in [0.2, 0.25) is 0 Å². The fraction of sp³-hybridized carbons (Fsp3) is 0.571. The van der Waals surface area contributed by atoms with E-state index in [4.69, 9.17) is 4.74 Å². The van der Waals surface area contributed by atoms with E-state index in [0.717, 1.165) is 13.0 Å². The second-order valence-corrected chi connectivity index (χ2v) is 5.10. The number of ether oxygens (including phenoxy) is 1. The monoisotopic (exact) mass is 265 g/mol. The summed E-state index contributed by atoms with van der Waals surface area (Å²) in [6.07, 6.45) is 2.65. The van der Waals surface area contributed by atoms with Crippen molar-refractivity contribution in [1.29, 1.82) is 0 Å². The molecule has 0 bridgehead atoms. The Kier molecular flexibility index (Phi) is 5.76. The van der Waals surface area contributed by atoms with Gasteiger partial charge in [-0.05, 0) is 32.4 Å². The van der Waals surface area contributed by atoms with Crippen LogP contribution in [0.3, 0.4) is 0 Å². The number of nitrogens with zero attached hydrogens (tertiary/aromatic N) is 1. The van der Waals surface area contributed by atoms with E-state index in [2.05, 4.69) is 22.5 Å². The maximum atomic E-state index is 12.3. The van der Waals surface area contributed by atoms with Crippen LogP contribution in [0.5, 0.6) is 0 Å². The lowest BCUT2D eigenvalue weighted by Gasteiger charge is -2.25. The zero-order chi connectivity index (χ0) is 14.3. The zero-order valence-electron chi connectivity index (χ0n) is 12.1. The van der Waals surface area contributed by atoms with E-state index in [1.165, 1.54) is 0 Å².